The number of thioether (sulfide) groups is 1. The van der Waals surface area contributed by atoms with Crippen LogP contribution in [0, 0.1) is 10.1 Å². The summed E-state index contributed by atoms with van der Waals surface area (Å²) in [5.74, 6) is -0.386. The number of carbonyl (C=O) groups is 2. The summed E-state index contributed by atoms with van der Waals surface area (Å²) in [6, 6.07) is 11.3. The second kappa shape index (κ2) is 8.81. The molecule has 0 fully saturated rings. The van der Waals surface area contributed by atoms with Crippen molar-refractivity contribution in [3.63, 3.8) is 0 Å². The van der Waals surface area contributed by atoms with Crippen LogP contribution in [0.2, 0.25) is 0 Å². The third-order valence-electron chi connectivity index (χ3n) is 3.75. The summed E-state index contributed by atoms with van der Waals surface area (Å²) >= 11 is 2.59. The van der Waals surface area contributed by atoms with Crippen molar-refractivity contribution in [1.29, 1.82) is 0 Å². The molecule has 0 saturated heterocycles. The van der Waals surface area contributed by atoms with Gasteiger partial charge in [-0.25, -0.2) is 9.78 Å². The van der Waals surface area contributed by atoms with Gasteiger partial charge in [-0.3, -0.25) is 14.9 Å². The molecule has 8 nitrogen and oxygen atoms in total. The van der Waals surface area contributed by atoms with Gasteiger partial charge in [-0.1, -0.05) is 23.9 Å². The number of thiazole rings is 1. The maximum atomic E-state index is 12.1. The lowest BCUT2D eigenvalue weighted by molar-refractivity contribution is -0.384. The smallest absolute Gasteiger partial charge is 0.337 e. The number of methoxy groups -OCH3 is 1. The van der Waals surface area contributed by atoms with Crippen molar-refractivity contribution in [2.24, 2.45) is 0 Å². The molecule has 0 aliphatic heterocycles. The van der Waals surface area contributed by atoms with E-state index in [2.05, 4.69) is 15.0 Å². The first kappa shape index (κ1) is 19.8. The van der Waals surface area contributed by atoms with Crippen LogP contribution in [0.5, 0.6) is 0 Å². The Morgan fingerprint density at radius 3 is 2.68 bits per heavy atom. The molecule has 0 radical (unpaired) electrons. The zero-order valence-corrected chi connectivity index (χ0v) is 16.3. The molecule has 3 aromatic rings. The predicted octanol–water partition coefficient (Wildman–Crippen LogP) is 3.40. The topological polar surface area (TPSA) is 111 Å². The molecule has 2 aromatic carbocycles. The lowest BCUT2D eigenvalue weighted by atomic mass is 10.1. The van der Waals surface area contributed by atoms with Crippen molar-refractivity contribution in [3.8, 4) is 0 Å². The molecule has 1 aromatic heterocycles. The number of nitrogens with zero attached hydrogens (tertiary/aromatic N) is 2. The molecule has 3 rings (SSSR count). The number of rotatable bonds is 7. The Balaban J connectivity index is 1.52. The molecule has 144 valence electrons. The van der Waals surface area contributed by atoms with Crippen LogP contribution < -0.4 is 5.32 Å². The number of nitro benzene ring substituents is 1. The molecular formula is C18H15N3O5S2. The quantitative estimate of drug-likeness (QED) is 0.271. The lowest BCUT2D eigenvalue weighted by Gasteiger charge is -2.05. The van der Waals surface area contributed by atoms with Crippen molar-refractivity contribution in [1.82, 2.24) is 10.3 Å². The molecule has 28 heavy (non-hydrogen) atoms. The van der Waals surface area contributed by atoms with E-state index in [0.717, 1.165) is 5.56 Å². The summed E-state index contributed by atoms with van der Waals surface area (Å²) in [4.78, 5) is 38.2. The standard InChI is InChI=1S/C18H15N3O5S2/c1-26-17(23)12-4-2-11(3-5-12)9-19-16(22)10-27-18-20-14-7-6-13(21(24)25)8-15(14)28-18/h2-8H,9-10H2,1H3,(H,19,22). The van der Waals surface area contributed by atoms with E-state index in [0.29, 0.717) is 26.7 Å². The van der Waals surface area contributed by atoms with Crippen molar-refractivity contribution in [2.45, 2.75) is 10.9 Å². The van der Waals surface area contributed by atoms with Gasteiger partial charge >= 0.3 is 5.97 Å². The van der Waals surface area contributed by atoms with Gasteiger partial charge in [-0.15, -0.1) is 11.3 Å². The third-order valence-corrected chi connectivity index (χ3v) is 5.92. The minimum atomic E-state index is -0.447. The van der Waals surface area contributed by atoms with Gasteiger partial charge in [0.25, 0.3) is 5.69 Å². The zero-order chi connectivity index (χ0) is 20.1. The summed E-state index contributed by atoms with van der Waals surface area (Å²) in [5, 5.41) is 13.6. The van der Waals surface area contributed by atoms with E-state index >= 15 is 0 Å². The molecule has 1 heterocycles. The molecule has 0 unspecified atom stereocenters. The fraction of sp³-hybridized carbons (Fsp3) is 0.167. The van der Waals surface area contributed by atoms with Crippen LogP contribution in [0.25, 0.3) is 10.2 Å². The number of hydrogen-bond donors (Lipinski definition) is 1. The number of ether oxygens (including phenoxy) is 1. The van der Waals surface area contributed by atoms with E-state index in [1.165, 1.54) is 42.3 Å². The molecule has 0 aliphatic rings. The Labute approximate surface area is 168 Å². The van der Waals surface area contributed by atoms with Crippen LogP contribution in [-0.2, 0) is 16.1 Å². The summed E-state index contributed by atoms with van der Waals surface area (Å²) in [6.45, 7) is 0.340. The van der Waals surface area contributed by atoms with E-state index in [1.54, 1.807) is 30.3 Å². The number of hydrogen-bond acceptors (Lipinski definition) is 8. The Morgan fingerprint density at radius 2 is 2.00 bits per heavy atom. The van der Waals surface area contributed by atoms with Gasteiger partial charge in [-0.2, -0.15) is 0 Å². The number of aromatic nitrogens is 1. The third kappa shape index (κ3) is 4.84. The highest BCUT2D eigenvalue weighted by Gasteiger charge is 2.12. The second-order valence-corrected chi connectivity index (χ2v) is 7.90. The van der Waals surface area contributed by atoms with E-state index < -0.39 is 10.9 Å². The minimum Gasteiger partial charge on any atom is -0.465 e. The number of carbonyl (C=O) groups excluding carboxylic acids is 2. The molecular weight excluding hydrogens is 402 g/mol. The number of amides is 1. The first-order valence-electron chi connectivity index (χ1n) is 8.08. The molecule has 0 saturated carbocycles. The minimum absolute atomic E-state index is 0.0173. The van der Waals surface area contributed by atoms with Crippen molar-refractivity contribution < 1.29 is 19.2 Å². The molecule has 0 aliphatic carbocycles. The maximum absolute atomic E-state index is 12.1. The average Bonchev–Trinajstić information content (AvgIpc) is 3.12. The maximum Gasteiger partial charge on any atom is 0.337 e. The van der Waals surface area contributed by atoms with Crippen LogP contribution in [0.4, 0.5) is 5.69 Å². The van der Waals surface area contributed by atoms with Crippen LogP contribution in [0.1, 0.15) is 15.9 Å². The largest absolute Gasteiger partial charge is 0.465 e. The monoisotopic (exact) mass is 417 g/mol. The Bertz CT molecular complexity index is 1030. The van der Waals surface area contributed by atoms with Crippen molar-refractivity contribution in [2.75, 3.05) is 12.9 Å². The highest BCUT2D eigenvalue weighted by atomic mass is 32.2. The highest BCUT2D eigenvalue weighted by molar-refractivity contribution is 8.01. The molecule has 0 spiro atoms. The van der Waals surface area contributed by atoms with Crippen LogP contribution in [0.15, 0.2) is 46.8 Å². The number of benzene rings is 2. The van der Waals surface area contributed by atoms with Crippen LogP contribution >= 0.6 is 23.1 Å². The number of non-ortho nitro benzene ring substituents is 1. The molecule has 0 atom stereocenters. The second-order valence-electron chi connectivity index (χ2n) is 5.64. The van der Waals surface area contributed by atoms with Gasteiger partial charge in [0.1, 0.15) is 0 Å². The van der Waals surface area contributed by atoms with Gasteiger partial charge in [0, 0.05) is 18.7 Å². The van der Waals surface area contributed by atoms with Crippen LogP contribution in [-0.4, -0.2) is 34.6 Å². The normalized spacial score (nSPS) is 10.6. The summed E-state index contributed by atoms with van der Waals surface area (Å²) in [7, 11) is 1.32. The average molecular weight is 417 g/mol. The summed E-state index contributed by atoms with van der Waals surface area (Å²) < 4.78 is 6.02. The number of nitro groups is 1. The highest BCUT2D eigenvalue weighted by Crippen LogP contribution is 2.31. The first-order valence-corrected chi connectivity index (χ1v) is 9.88. The number of nitrogens with one attached hydrogen (secondary N) is 1. The van der Waals surface area contributed by atoms with Crippen LogP contribution in [0.3, 0.4) is 0 Å². The van der Waals surface area contributed by atoms with E-state index in [4.69, 9.17) is 0 Å². The molecule has 0 bridgehead atoms. The Morgan fingerprint density at radius 1 is 1.25 bits per heavy atom. The van der Waals surface area contributed by atoms with Gasteiger partial charge < -0.3 is 10.1 Å². The first-order chi connectivity index (χ1) is 13.5. The summed E-state index contributed by atoms with van der Waals surface area (Å²) in [5.41, 5.74) is 2.00. The summed E-state index contributed by atoms with van der Waals surface area (Å²) in [6.07, 6.45) is 0. The Hall–Kier alpha value is -2.98. The van der Waals surface area contributed by atoms with E-state index in [9.17, 15) is 19.7 Å². The van der Waals surface area contributed by atoms with Gasteiger partial charge in [0.15, 0.2) is 4.34 Å². The van der Waals surface area contributed by atoms with Crippen molar-refractivity contribution >= 4 is 50.9 Å². The van der Waals surface area contributed by atoms with Gasteiger partial charge in [0.05, 0.1) is 33.6 Å². The van der Waals surface area contributed by atoms with E-state index in [-0.39, 0.29) is 17.3 Å². The predicted molar refractivity (Wildman–Crippen MR) is 107 cm³/mol. The number of esters is 1. The molecule has 1 amide bonds. The lowest BCUT2D eigenvalue weighted by Crippen LogP contribution is -2.24. The Kier molecular flexibility index (Phi) is 6.22. The fourth-order valence-corrected chi connectivity index (χ4v) is 4.25. The SMILES string of the molecule is COC(=O)c1ccc(CNC(=O)CSc2nc3ccc([N+](=O)[O-])cc3s2)cc1. The molecule has 1 N–H and O–H groups in total. The fourth-order valence-electron chi connectivity index (χ4n) is 2.32. The van der Waals surface area contributed by atoms with E-state index in [1.807, 2.05) is 0 Å². The molecule has 10 heteroatoms. The van der Waals surface area contributed by atoms with Gasteiger partial charge in [0.2, 0.25) is 5.91 Å². The number of fused-ring (bicyclic) bond motifs is 1. The van der Waals surface area contributed by atoms with Gasteiger partial charge in [-0.05, 0) is 23.8 Å². The zero-order valence-electron chi connectivity index (χ0n) is 14.7. The van der Waals surface area contributed by atoms with Crippen molar-refractivity contribution in [3.05, 3.63) is 63.7 Å².